The van der Waals surface area contributed by atoms with Crippen molar-refractivity contribution in [1.82, 2.24) is 4.90 Å². The minimum Gasteiger partial charge on any atom is -0.478 e. The van der Waals surface area contributed by atoms with Gasteiger partial charge >= 0.3 is 11.9 Å². The smallest absolute Gasteiger partial charge is 0.328 e. The van der Waals surface area contributed by atoms with E-state index in [1.807, 2.05) is 36.4 Å². The molecule has 0 aliphatic carbocycles. The van der Waals surface area contributed by atoms with Crippen molar-refractivity contribution in [1.29, 1.82) is 0 Å². The zero-order chi connectivity index (χ0) is 24.7. The van der Waals surface area contributed by atoms with E-state index in [0.29, 0.717) is 34.9 Å². The molecule has 2 aliphatic heterocycles. The number of hydrogen-bond acceptors (Lipinski definition) is 6. The third kappa shape index (κ3) is 6.02. The molecule has 1 unspecified atom stereocenters. The van der Waals surface area contributed by atoms with Gasteiger partial charge in [-0.1, -0.05) is 36.4 Å². The molecule has 0 spiro atoms. The predicted octanol–water partition coefficient (Wildman–Crippen LogP) is 2.74. The zero-order valence-corrected chi connectivity index (χ0v) is 19.6. The fourth-order valence-electron chi connectivity index (χ4n) is 4.00. The minimum atomic E-state index is -3.60. The molecular weight excluding hydrogens is 460 g/mol. The lowest BCUT2D eigenvalue weighted by atomic mass is 9.99. The molecule has 2 aliphatic rings. The third-order valence-electron chi connectivity index (χ3n) is 5.66. The van der Waals surface area contributed by atoms with Crippen LogP contribution in [0.2, 0.25) is 0 Å². The number of carbonyl (C=O) groups is 2. The summed E-state index contributed by atoms with van der Waals surface area (Å²) in [4.78, 5) is 21.8. The van der Waals surface area contributed by atoms with Gasteiger partial charge in [0.2, 0.25) is 0 Å². The van der Waals surface area contributed by atoms with Crippen LogP contribution in [0.25, 0.3) is 0 Å². The lowest BCUT2D eigenvalue weighted by Crippen LogP contribution is -2.26. The van der Waals surface area contributed by atoms with Gasteiger partial charge in [-0.2, -0.15) is 0 Å². The van der Waals surface area contributed by atoms with Crippen LogP contribution < -0.4 is 4.31 Å². The van der Waals surface area contributed by atoms with Gasteiger partial charge in [-0.15, -0.1) is 0 Å². The maximum Gasteiger partial charge on any atom is 0.328 e. The molecule has 2 heterocycles. The number of carboxylic acids is 2. The van der Waals surface area contributed by atoms with Crippen molar-refractivity contribution in [2.24, 2.45) is 0 Å². The molecule has 4 rings (SSSR count). The molecule has 0 aromatic heterocycles. The van der Waals surface area contributed by atoms with Gasteiger partial charge in [0.1, 0.15) is 6.10 Å². The predicted molar refractivity (Wildman–Crippen MR) is 126 cm³/mol. The van der Waals surface area contributed by atoms with Crippen molar-refractivity contribution in [2.75, 3.05) is 37.6 Å². The SMILES string of the molecule is CN1c2ccccc2C(OCCN2CCCC2)c2ccccc2S1(=O)=O.O=C(O)/C=C\C(=O)O. The van der Waals surface area contributed by atoms with Gasteiger partial charge in [-0.25, -0.2) is 18.0 Å². The van der Waals surface area contributed by atoms with Crippen LogP contribution in [-0.2, 0) is 24.3 Å². The first-order valence-electron chi connectivity index (χ1n) is 10.9. The van der Waals surface area contributed by atoms with E-state index < -0.39 is 22.0 Å². The Labute approximate surface area is 198 Å². The maximum absolute atomic E-state index is 13.1. The molecule has 1 fully saturated rings. The molecule has 0 bridgehead atoms. The number of rotatable bonds is 6. The molecule has 0 radical (unpaired) electrons. The van der Waals surface area contributed by atoms with Crippen LogP contribution >= 0.6 is 0 Å². The van der Waals surface area contributed by atoms with Crippen molar-refractivity contribution in [2.45, 2.75) is 23.8 Å². The molecule has 34 heavy (non-hydrogen) atoms. The maximum atomic E-state index is 13.1. The van der Waals surface area contributed by atoms with E-state index >= 15 is 0 Å². The molecule has 0 saturated carbocycles. The van der Waals surface area contributed by atoms with Crippen molar-refractivity contribution in [3.63, 3.8) is 0 Å². The van der Waals surface area contributed by atoms with Crippen LogP contribution in [0.3, 0.4) is 0 Å². The molecular formula is C24H28N2O7S. The largest absolute Gasteiger partial charge is 0.478 e. The van der Waals surface area contributed by atoms with Gasteiger partial charge in [-0.05, 0) is 38.1 Å². The number of carboxylic acid groups (broad SMARTS) is 2. The van der Waals surface area contributed by atoms with E-state index in [2.05, 4.69) is 4.90 Å². The Morgan fingerprint density at radius 3 is 2.15 bits per heavy atom. The van der Waals surface area contributed by atoms with E-state index in [1.54, 1.807) is 19.2 Å². The Kier molecular flexibility index (Phi) is 8.43. The summed E-state index contributed by atoms with van der Waals surface area (Å²) in [5.74, 6) is -2.51. The van der Waals surface area contributed by atoms with Crippen LogP contribution in [0.5, 0.6) is 0 Å². The highest BCUT2D eigenvalue weighted by atomic mass is 32.2. The lowest BCUT2D eigenvalue weighted by molar-refractivity contribution is -0.134. The number of sulfonamides is 1. The van der Waals surface area contributed by atoms with Crippen molar-refractivity contribution >= 4 is 27.6 Å². The summed E-state index contributed by atoms with van der Waals surface area (Å²) < 4.78 is 33.8. The number of fused-ring (bicyclic) bond motifs is 2. The Balaban J connectivity index is 0.000000350. The number of anilines is 1. The molecule has 9 nitrogen and oxygen atoms in total. The molecule has 0 amide bonds. The zero-order valence-electron chi connectivity index (χ0n) is 18.8. The molecule has 1 saturated heterocycles. The van der Waals surface area contributed by atoms with Gasteiger partial charge in [0.05, 0.1) is 17.2 Å². The third-order valence-corrected chi connectivity index (χ3v) is 7.50. The van der Waals surface area contributed by atoms with Crippen LogP contribution in [0.15, 0.2) is 65.6 Å². The number of hydrogen-bond donors (Lipinski definition) is 2. The second kappa shape index (κ2) is 11.3. The van der Waals surface area contributed by atoms with E-state index in [9.17, 15) is 18.0 Å². The highest BCUT2D eigenvalue weighted by Gasteiger charge is 2.35. The quantitative estimate of drug-likeness (QED) is 0.595. The normalized spacial score (nSPS) is 19.0. The standard InChI is InChI=1S/C20H24N2O3S.C4H4O4/c1-21-18-10-4-2-8-16(18)20(25-15-14-22-12-6-7-13-22)17-9-3-5-11-19(17)26(21,23)24;5-3(6)1-2-4(7)8/h2-5,8-11,20H,6-7,12-15H2,1H3;1-2H,(H,5,6)(H,7,8)/b;2-1-. The minimum absolute atomic E-state index is 0.324. The van der Waals surface area contributed by atoms with Crippen LogP contribution in [-0.4, -0.2) is 68.8 Å². The number of likely N-dealkylation sites (tertiary alicyclic amines) is 1. The fourth-order valence-corrected chi connectivity index (χ4v) is 5.44. The van der Waals surface area contributed by atoms with Gasteiger partial charge < -0.3 is 19.8 Å². The topological polar surface area (TPSA) is 124 Å². The summed E-state index contributed by atoms with van der Waals surface area (Å²) in [5, 5.41) is 15.6. The summed E-state index contributed by atoms with van der Waals surface area (Å²) in [7, 11) is -1.99. The van der Waals surface area contributed by atoms with Gasteiger partial charge in [0.15, 0.2) is 0 Å². The molecule has 2 aromatic rings. The van der Waals surface area contributed by atoms with Gasteiger partial charge in [-0.3, -0.25) is 4.31 Å². The summed E-state index contributed by atoms with van der Waals surface area (Å²) in [5.41, 5.74) is 2.28. The average Bonchev–Trinajstić information content (AvgIpc) is 3.32. The van der Waals surface area contributed by atoms with Crippen LogP contribution in [0.1, 0.15) is 30.1 Å². The monoisotopic (exact) mass is 488 g/mol. The molecule has 2 aromatic carbocycles. The first-order valence-corrected chi connectivity index (χ1v) is 12.3. The Morgan fingerprint density at radius 2 is 1.53 bits per heavy atom. The van der Waals surface area contributed by atoms with Crippen molar-refractivity contribution in [3.05, 3.63) is 71.8 Å². The second-order valence-corrected chi connectivity index (χ2v) is 9.82. The highest BCUT2D eigenvalue weighted by molar-refractivity contribution is 7.92. The highest BCUT2D eigenvalue weighted by Crippen LogP contribution is 2.41. The summed E-state index contributed by atoms with van der Waals surface area (Å²) in [6.45, 7) is 3.71. The first kappa shape index (κ1) is 25.4. The number of ether oxygens (including phenoxy) is 1. The number of nitrogens with zero attached hydrogens (tertiary/aromatic N) is 2. The summed E-state index contributed by atoms with van der Waals surface area (Å²) in [6.07, 6.45) is 3.23. The number of benzene rings is 2. The number of para-hydroxylation sites is 1. The number of aliphatic carboxylic acids is 2. The Morgan fingerprint density at radius 1 is 0.971 bits per heavy atom. The lowest BCUT2D eigenvalue weighted by Gasteiger charge is -2.22. The first-order chi connectivity index (χ1) is 16.2. The summed E-state index contributed by atoms with van der Waals surface area (Å²) in [6, 6.07) is 14.8. The summed E-state index contributed by atoms with van der Waals surface area (Å²) >= 11 is 0. The van der Waals surface area contributed by atoms with Crippen LogP contribution in [0.4, 0.5) is 5.69 Å². The molecule has 1 atom stereocenters. The van der Waals surface area contributed by atoms with Crippen molar-refractivity contribution in [3.8, 4) is 0 Å². The van der Waals surface area contributed by atoms with E-state index in [4.69, 9.17) is 14.9 Å². The fraction of sp³-hybridized carbons (Fsp3) is 0.333. The van der Waals surface area contributed by atoms with E-state index in [1.165, 1.54) is 17.1 Å². The molecule has 2 N–H and O–H groups in total. The average molecular weight is 489 g/mol. The Hall–Kier alpha value is -3.21. The van der Waals surface area contributed by atoms with Gasteiger partial charge in [0, 0.05) is 36.9 Å². The van der Waals surface area contributed by atoms with Crippen LogP contribution in [0, 0.1) is 0 Å². The molecule has 10 heteroatoms. The second-order valence-electron chi connectivity index (χ2n) is 7.88. The Bertz CT molecular complexity index is 1140. The molecule has 182 valence electrons. The van der Waals surface area contributed by atoms with Gasteiger partial charge in [0.25, 0.3) is 10.0 Å². The van der Waals surface area contributed by atoms with E-state index in [-0.39, 0.29) is 6.10 Å². The van der Waals surface area contributed by atoms with E-state index in [0.717, 1.165) is 25.2 Å². The van der Waals surface area contributed by atoms with Crippen molar-refractivity contribution < 1.29 is 33.0 Å².